The molecule has 1 aromatic heterocycles. The molecule has 9 rings (SSSR count). The van der Waals surface area contributed by atoms with Crippen molar-refractivity contribution in [3.63, 3.8) is 0 Å². The van der Waals surface area contributed by atoms with E-state index in [4.69, 9.17) is 0 Å². The zero-order valence-electron chi connectivity index (χ0n) is 23.2. The zero-order valence-corrected chi connectivity index (χ0v) is 24.0. The summed E-state index contributed by atoms with van der Waals surface area (Å²) in [7, 11) is 0. The average Bonchev–Trinajstić information content (AvgIpc) is 3.59. The average molecular weight is 556 g/mol. The molecule has 6 aromatic rings. The molecule has 2 heteroatoms. The predicted octanol–water partition coefficient (Wildman–Crippen LogP) is 9.22. The molecule has 0 amide bonds. The van der Waals surface area contributed by atoms with Gasteiger partial charge in [-0.3, -0.25) is 0 Å². The van der Waals surface area contributed by atoms with Crippen LogP contribution in [-0.2, 0) is 0 Å². The van der Waals surface area contributed by atoms with Crippen molar-refractivity contribution in [3.8, 4) is 11.1 Å². The van der Waals surface area contributed by atoms with E-state index in [1.54, 1.807) is 0 Å². The third kappa shape index (κ3) is 3.69. The minimum Gasteiger partial charge on any atom is -0.333 e. The molecule has 3 aliphatic rings. The Morgan fingerprint density at radius 2 is 1.45 bits per heavy atom. The fraction of sp³-hybridized carbons (Fsp3) is 0.100. The van der Waals surface area contributed by atoms with Gasteiger partial charge >= 0.3 is 0 Å². The summed E-state index contributed by atoms with van der Waals surface area (Å²) in [5.41, 5.74) is 9.34. The lowest BCUT2D eigenvalue weighted by molar-refractivity contribution is 0.745. The van der Waals surface area contributed by atoms with Crippen LogP contribution in [0.15, 0.2) is 133 Å². The van der Waals surface area contributed by atoms with Crippen LogP contribution in [0.5, 0.6) is 0 Å². The van der Waals surface area contributed by atoms with Crippen LogP contribution >= 0.6 is 11.3 Å². The first kappa shape index (κ1) is 24.0. The van der Waals surface area contributed by atoms with Crippen LogP contribution in [0, 0.1) is 0 Å². The Kier molecular flexibility index (Phi) is 5.39. The molecule has 1 aliphatic heterocycles. The largest absolute Gasteiger partial charge is 0.333 e. The Morgan fingerprint density at radius 1 is 0.667 bits per heavy atom. The molecule has 0 radical (unpaired) electrons. The fourth-order valence-electron chi connectivity index (χ4n) is 7.27. The Morgan fingerprint density at radius 3 is 2.36 bits per heavy atom. The van der Waals surface area contributed by atoms with E-state index >= 15 is 0 Å². The Balaban J connectivity index is 1.11. The van der Waals surface area contributed by atoms with Crippen molar-refractivity contribution in [3.05, 3.63) is 154 Å². The van der Waals surface area contributed by atoms with Crippen LogP contribution in [0.4, 0.5) is 11.4 Å². The summed E-state index contributed by atoms with van der Waals surface area (Å²) in [5.74, 6) is 0.370. The molecule has 2 unspecified atom stereocenters. The minimum absolute atomic E-state index is 0.297. The molecule has 2 heterocycles. The first-order valence-corrected chi connectivity index (χ1v) is 15.7. The van der Waals surface area contributed by atoms with Crippen molar-refractivity contribution in [2.24, 2.45) is 0 Å². The van der Waals surface area contributed by atoms with Gasteiger partial charge in [-0.2, -0.15) is 0 Å². The smallest absolute Gasteiger partial charge is 0.0629 e. The van der Waals surface area contributed by atoms with E-state index in [-0.39, 0.29) is 0 Å². The number of allylic oxidation sites excluding steroid dienone is 2. The van der Waals surface area contributed by atoms with Crippen LogP contribution in [0.1, 0.15) is 29.9 Å². The number of fused-ring (bicyclic) bond motifs is 7. The van der Waals surface area contributed by atoms with Crippen LogP contribution in [0.3, 0.4) is 0 Å². The molecule has 0 spiro atoms. The fourth-order valence-corrected chi connectivity index (χ4v) is 8.57. The molecule has 0 saturated carbocycles. The van der Waals surface area contributed by atoms with Crippen LogP contribution in [0.2, 0.25) is 0 Å². The van der Waals surface area contributed by atoms with Gasteiger partial charge in [0.25, 0.3) is 0 Å². The Hall–Kier alpha value is -4.66. The van der Waals surface area contributed by atoms with Gasteiger partial charge in [-0.15, -0.1) is 11.3 Å². The number of anilines is 2. The maximum Gasteiger partial charge on any atom is 0.0629 e. The summed E-state index contributed by atoms with van der Waals surface area (Å²) >= 11 is 1.94. The van der Waals surface area contributed by atoms with Crippen molar-refractivity contribution in [2.45, 2.75) is 24.8 Å². The summed E-state index contributed by atoms with van der Waals surface area (Å²) in [6, 6.07) is 41.0. The summed E-state index contributed by atoms with van der Waals surface area (Å²) in [6.07, 6.45) is 13.7. The van der Waals surface area contributed by atoms with E-state index in [1.165, 1.54) is 69.8 Å². The monoisotopic (exact) mass is 555 g/mol. The van der Waals surface area contributed by atoms with E-state index in [2.05, 4.69) is 144 Å². The van der Waals surface area contributed by atoms with E-state index in [1.807, 2.05) is 11.3 Å². The van der Waals surface area contributed by atoms with Crippen molar-refractivity contribution in [1.29, 1.82) is 0 Å². The van der Waals surface area contributed by atoms with Gasteiger partial charge < -0.3 is 4.90 Å². The van der Waals surface area contributed by atoms with Gasteiger partial charge in [-0.25, -0.2) is 0 Å². The molecular formula is C40H29NS. The molecule has 2 aliphatic carbocycles. The second-order valence-electron chi connectivity index (χ2n) is 11.6. The molecule has 0 fully saturated rings. The first-order chi connectivity index (χ1) is 20.8. The van der Waals surface area contributed by atoms with Gasteiger partial charge in [0, 0.05) is 26.5 Å². The van der Waals surface area contributed by atoms with E-state index in [9.17, 15) is 0 Å². The molecule has 0 saturated heterocycles. The SMILES string of the molecule is C1=CC2c3cc4ccccc4cc3N(c3ccc(-c4cccc(C5=c6sc7ccccc7c6=CCC5)c4)cc3)C2C=C1. The zero-order chi connectivity index (χ0) is 27.6. The minimum atomic E-state index is 0.297. The lowest BCUT2D eigenvalue weighted by Gasteiger charge is -2.29. The number of rotatable bonds is 3. The first-order valence-electron chi connectivity index (χ1n) is 14.9. The molecular weight excluding hydrogens is 527 g/mol. The lowest BCUT2D eigenvalue weighted by atomic mass is 9.90. The highest BCUT2D eigenvalue weighted by atomic mass is 32.1. The van der Waals surface area contributed by atoms with Gasteiger partial charge in [0.1, 0.15) is 0 Å². The molecule has 0 N–H and O–H groups in total. The summed E-state index contributed by atoms with van der Waals surface area (Å²) < 4.78 is 2.83. The number of hydrogen-bond acceptors (Lipinski definition) is 2. The Labute approximate surface area is 249 Å². The molecule has 2 atom stereocenters. The number of nitrogens with zero attached hydrogens (tertiary/aromatic N) is 1. The summed E-state index contributed by atoms with van der Waals surface area (Å²) in [4.78, 5) is 2.53. The highest BCUT2D eigenvalue weighted by Crippen LogP contribution is 2.49. The second kappa shape index (κ2) is 9.44. The molecule has 200 valence electrons. The maximum absolute atomic E-state index is 2.53. The van der Waals surface area contributed by atoms with Crippen LogP contribution in [-0.4, -0.2) is 6.04 Å². The second-order valence-corrected chi connectivity index (χ2v) is 12.7. The third-order valence-corrected chi connectivity index (χ3v) is 10.5. The van der Waals surface area contributed by atoms with Crippen molar-refractivity contribution < 1.29 is 0 Å². The summed E-state index contributed by atoms with van der Waals surface area (Å²) in [6.45, 7) is 0. The maximum atomic E-state index is 2.53. The number of benzene rings is 5. The summed E-state index contributed by atoms with van der Waals surface area (Å²) in [5, 5.41) is 5.42. The molecule has 42 heavy (non-hydrogen) atoms. The van der Waals surface area contributed by atoms with E-state index in [0.29, 0.717) is 12.0 Å². The van der Waals surface area contributed by atoms with Crippen molar-refractivity contribution >= 4 is 55.2 Å². The molecule has 5 aromatic carbocycles. The highest BCUT2D eigenvalue weighted by Gasteiger charge is 2.37. The van der Waals surface area contributed by atoms with Gasteiger partial charge in [0.05, 0.1) is 6.04 Å². The quantitative estimate of drug-likeness (QED) is 0.210. The van der Waals surface area contributed by atoms with Crippen molar-refractivity contribution in [2.75, 3.05) is 4.90 Å². The molecule has 0 bridgehead atoms. The van der Waals surface area contributed by atoms with Gasteiger partial charge in [-0.05, 0) is 98.4 Å². The van der Waals surface area contributed by atoms with Gasteiger partial charge in [0.2, 0.25) is 0 Å². The number of hydrogen-bond donors (Lipinski definition) is 0. The highest BCUT2D eigenvalue weighted by molar-refractivity contribution is 7.17. The van der Waals surface area contributed by atoms with Crippen LogP contribution < -0.4 is 14.7 Å². The molecule has 1 nitrogen and oxygen atoms in total. The predicted molar refractivity (Wildman–Crippen MR) is 180 cm³/mol. The van der Waals surface area contributed by atoms with Crippen LogP contribution in [0.25, 0.3) is 43.6 Å². The lowest BCUT2D eigenvalue weighted by Crippen LogP contribution is -2.28. The van der Waals surface area contributed by atoms with Crippen molar-refractivity contribution in [1.82, 2.24) is 0 Å². The topological polar surface area (TPSA) is 3.24 Å². The standard InChI is InChI=1S/C40H29NS/c1-2-10-29-25-38-36(24-28(29)9-1)33-13-3-5-17-37(33)41(38)31-21-19-26(20-22-31)27-11-7-12-30(23-27)32-15-8-16-35-34-14-4-6-18-39(34)42-40(32)35/h1-7,9-14,16-25,33,37H,8,15H2. The van der Waals surface area contributed by atoms with E-state index in [0.717, 1.165) is 12.8 Å². The number of thiophene rings is 1. The van der Waals surface area contributed by atoms with Gasteiger partial charge in [-0.1, -0.05) is 103 Å². The van der Waals surface area contributed by atoms with E-state index < -0.39 is 0 Å². The van der Waals surface area contributed by atoms with Gasteiger partial charge in [0.15, 0.2) is 0 Å². The third-order valence-electron chi connectivity index (χ3n) is 9.26. The normalized spacial score (nSPS) is 18.7. The Bertz CT molecular complexity index is 2210.